The van der Waals surface area contributed by atoms with E-state index in [0.29, 0.717) is 5.56 Å². The Morgan fingerprint density at radius 2 is 1.89 bits per heavy atom. The van der Waals surface area contributed by atoms with Crippen molar-refractivity contribution in [1.29, 1.82) is 0 Å². The van der Waals surface area contributed by atoms with Crippen molar-refractivity contribution in [2.45, 2.75) is 31.7 Å². The van der Waals surface area contributed by atoms with E-state index in [1.807, 2.05) is 0 Å². The maximum Gasteiger partial charge on any atom is 0.323 e. The smallest absolute Gasteiger partial charge is 0.323 e. The number of carboxylic acids is 1. The quantitative estimate of drug-likeness (QED) is 0.877. The van der Waals surface area contributed by atoms with E-state index in [1.54, 1.807) is 24.5 Å². The number of aliphatic carboxylic acids is 1. The Balaban J connectivity index is 2.17. The van der Waals surface area contributed by atoms with Crippen LogP contribution in [-0.2, 0) is 4.79 Å². The molecule has 0 aromatic carbocycles. The molecule has 0 radical (unpaired) electrons. The van der Waals surface area contributed by atoms with Crippen molar-refractivity contribution in [2.75, 3.05) is 6.54 Å². The van der Waals surface area contributed by atoms with Gasteiger partial charge in [0, 0.05) is 24.0 Å². The first-order valence-corrected chi connectivity index (χ1v) is 6.11. The number of amides is 1. The lowest BCUT2D eigenvalue weighted by atomic mass is 10.1. The number of hydrogen-bond donors (Lipinski definition) is 1. The van der Waals surface area contributed by atoms with E-state index in [0.717, 1.165) is 25.7 Å². The van der Waals surface area contributed by atoms with Crippen molar-refractivity contribution in [2.24, 2.45) is 0 Å². The van der Waals surface area contributed by atoms with Crippen LogP contribution < -0.4 is 0 Å². The lowest BCUT2D eigenvalue weighted by Crippen LogP contribution is -2.42. The standard InChI is InChI=1S/C13H16N2O3/c16-12(17)9-15(11-3-1-2-4-11)13(18)10-5-7-14-8-6-10/h5-8,11H,1-4,9H2,(H,16,17). The van der Waals surface area contributed by atoms with Gasteiger partial charge in [0.25, 0.3) is 5.91 Å². The topological polar surface area (TPSA) is 70.5 Å². The van der Waals surface area contributed by atoms with Crippen LogP contribution >= 0.6 is 0 Å². The van der Waals surface area contributed by atoms with E-state index in [4.69, 9.17) is 5.11 Å². The minimum Gasteiger partial charge on any atom is -0.480 e. The monoisotopic (exact) mass is 248 g/mol. The summed E-state index contributed by atoms with van der Waals surface area (Å²) in [5, 5.41) is 8.93. The van der Waals surface area contributed by atoms with Crippen molar-refractivity contribution >= 4 is 11.9 Å². The third kappa shape index (κ3) is 2.85. The van der Waals surface area contributed by atoms with E-state index < -0.39 is 5.97 Å². The van der Waals surface area contributed by atoms with Crippen LogP contribution in [0, 0.1) is 0 Å². The number of carboxylic acid groups (broad SMARTS) is 1. The molecule has 0 saturated heterocycles. The summed E-state index contributed by atoms with van der Waals surface area (Å²) in [6.45, 7) is -0.230. The van der Waals surface area contributed by atoms with Crippen molar-refractivity contribution in [3.05, 3.63) is 30.1 Å². The minimum atomic E-state index is -0.968. The molecule has 0 aliphatic heterocycles. The highest BCUT2D eigenvalue weighted by atomic mass is 16.4. The average molecular weight is 248 g/mol. The van der Waals surface area contributed by atoms with Crippen molar-refractivity contribution in [1.82, 2.24) is 9.88 Å². The highest BCUT2D eigenvalue weighted by molar-refractivity contribution is 5.95. The average Bonchev–Trinajstić information content (AvgIpc) is 2.89. The molecule has 1 aromatic heterocycles. The first kappa shape index (κ1) is 12.5. The summed E-state index contributed by atoms with van der Waals surface area (Å²) in [6.07, 6.45) is 6.99. The first-order valence-electron chi connectivity index (χ1n) is 6.11. The molecule has 0 bridgehead atoms. The molecule has 1 heterocycles. The molecule has 96 valence electrons. The highest BCUT2D eigenvalue weighted by Gasteiger charge is 2.28. The van der Waals surface area contributed by atoms with Crippen LogP contribution in [0.15, 0.2) is 24.5 Å². The van der Waals surface area contributed by atoms with E-state index in [-0.39, 0.29) is 18.5 Å². The molecule has 1 fully saturated rings. The van der Waals surface area contributed by atoms with Crippen molar-refractivity contribution in [3.8, 4) is 0 Å². The van der Waals surface area contributed by atoms with Gasteiger partial charge in [0.15, 0.2) is 0 Å². The summed E-state index contributed by atoms with van der Waals surface area (Å²) in [6, 6.07) is 3.29. The first-order chi connectivity index (χ1) is 8.68. The van der Waals surface area contributed by atoms with Crippen molar-refractivity contribution in [3.63, 3.8) is 0 Å². The summed E-state index contributed by atoms with van der Waals surface area (Å²) in [5.74, 6) is -1.18. The normalized spacial score (nSPS) is 15.6. The van der Waals surface area contributed by atoms with Gasteiger partial charge in [-0.1, -0.05) is 12.8 Å². The molecule has 18 heavy (non-hydrogen) atoms. The Morgan fingerprint density at radius 1 is 1.28 bits per heavy atom. The molecule has 0 atom stereocenters. The number of nitrogens with zero attached hydrogens (tertiary/aromatic N) is 2. The summed E-state index contributed by atoms with van der Waals surface area (Å²) < 4.78 is 0. The zero-order valence-corrected chi connectivity index (χ0v) is 10.1. The Morgan fingerprint density at radius 3 is 2.44 bits per heavy atom. The molecule has 5 heteroatoms. The van der Waals surface area contributed by atoms with E-state index in [2.05, 4.69) is 4.98 Å². The molecule has 1 aliphatic rings. The van der Waals surface area contributed by atoms with E-state index in [9.17, 15) is 9.59 Å². The predicted molar refractivity (Wildman–Crippen MR) is 65.2 cm³/mol. The summed E-state index contributed by atoms with van der Waals surface area (Å²) in [7, 11) is 0. The van der Waals surface area contributed by atoms with Gasteiger partial charge in [0.2, 0.25) is 0 Å². The van der Waals surface area contributed by atoms with Gasteiger partial charge in [-0.05, 0) is 25.0 Å². The third-order valence-electron chi connectivity index (χ3n) is 3.26. The maximum absolute atomic E-state index is 12.3. The fraction of sp³-hybridized carbons (Fsp3) is 0.462. The molecular weight excluding hydrogens is 232 g/mol. The number of rotatable bonds is 4. The van der Waals surface area contributed by atoms with Crippen LogP contribution in [0.4, 0.5) is 0 Å². The second-order valence-corrected chi connectivity index (χ2v) is 4.50. The molecule has 2 rings (SSSR count). The van der Waals surface area contributed by atoms with Crippen LogP contribution in [0.5, 0.6) is 0 Å². The molecule has 1 aliphatic carbocycles. The zero-order valence-electron chi connectivity index (χ0n) is 10.1. The Labute approximate surface area is 105 Å². The van der Waals surface area contributed by atoms with Gasteiger partial charge >= 0.3 is 5.97 Å². The number of carbonyl (C=O) groups is 2. The Hall–Kier alpha value is -1.91. The van der Waals surface area contributed by atoms with Gasteiger partial charge in [-0.2, -0.15) is 0 Å². The molecular formula is C13H16N2O3. The summed E-state index contributed by atoms with van der Waals surface area (Å²) >= 11 is 0. The predicted octanol–water partition coefficient (Wildman–Crippen LogP) is 1.55. The van der Waals surface area contributed by atoms with E-state index >= 15 is 0 Å². The second kappa shape index (κ2) is 5.62. The molecule has 0 spiro atoms. The van der Waals surface area contributed by atoms with Crippen LogP contribution in [0.2, 0.25) is 0 Å². The Kier molecular flexibility index (Phi) is 3.92. The fourth-order valence-corrected chi connectivity index (χ4v) is 2.39. The zero-order chi connectivity index (χ0) is 13.0. The van der Waals surface area contributed by atoms with Crippen molar-refractivity contribution < 1.29 is 14.7 Å². The molecule has 5 nitrogen and oxygen atoms in total. The van der Waals surface area contributed by atoms with Gasteiger partial charge in [0.1, 0.15) is 6.54 Å². The second-order valence-electron chi connectivity index (χ2n) is 4.50. The minimum absolute atomic E-state index is 0.0572. The van der Waals surface area contributed by atoms with Gasteiger partial charge in [-0.15, -0.1) is 0 Å². The number of pyridine rings is 1. The molecule has 1 saturated carbocycles. The SMILES string of the molecule is O=C(O)CN(C(=O)c1ccncc1)C1CCCC1. The maximum atomic E-state index is 12.3. The molecule has 1 N–H and O–H groups in total. The lowest BCUT2D eigenvalue weighted by Gasteiger charge is -2.27. The van der Waals surface area contributed by atoms with E-state index in [1.165, 1.54) is 4.90 Å². The van der Waals surface area contributed by atoms with Gasteiger partial charge in [-0.25, -0.2) is 0 Å². The Bertz CT molecular complexity index is 427. The third-order valence-corrected chi connectivity index (χ3v) is 3.26. The van der Waals surface area contributed by atoms with Crippen LogP contribution in [0.3, 0.4) is 0 Å². The van der Waals surface area contributed by atoms with Gasteiger partial charge in [-0.3, -0.25) is 14.6 Å². The van der Waals surface area contributed by atoms with Crippen LogP contribution in [0.25, 0.3) is 0 Å². The van der Waals surface area contributed by atoms with Crippen LogP contribution in [-0.4, -0.2) is 39.5 Å². The van der Waals surface area contributed by atoms with Gasteiger partial charge < -0.3 is 10.0 Å². The molecule has 1 aromatic rings. The number of carbonyl (C=O) groups excluding carboxylic acids is 1. The largest absolute Gasteiger partial charge is 0.480 e. The van der Waals surface area contributed by atoms with Gasteiger partial charge in [0.05, 0.1) is 0 Å². The number of hydrogen-bond acceptors (Lipinski definition) is 3. The summed E-state index contributed by atoms with van der Waals surface area (Å²) in [5.41, 5.74) is 0.498. The molecule has 0 unspecified atom stereocenters. The highest BCUT2D eigenvalue weighted by Crippen LogP contribution is 2.24. The lowest BCUT2D eigenvalue weighted by molar-refractivity contribution is -0.138. The summed E-state index contributed by atoms with van der Waals surface area (Å²) in [4.78, 5) is 28.5. The number of aromatic nitrogens is 1. The van der Waals surface area contributed by atoms with Crippen LogP contribution in [0.1, 0.15) is 36.0 Å². The molecule has 1 amide bonds. The fourth-order valence-electron chi connectivity index (χ4n) is 2.39.